The summed E-state index contributed by atoms with van der Waals surface area (Å²) in [4.78, 5) is 5.26. The maximum absolute atomic E-state index is 5.75. The van der Waals surface area contributed by atoms with E-state index in [0.29, 0.717) is 0 Å². The van der Waals surface area contributed by atoms with E-state index in [1.807, 2.05) is 14.1 Å². The van der Waals surface area contributed by atoms with Crippen molar-refractivity contribution in [2.45, 2.75) is 26.1 Å². The summed E-state index contributed by atoms with van der Waals surface area (Å²) in [5, 5.41) is 0. The van der Waals surface area contributed by atoms with E-state index in [1.54, 1.807) is 0 Å². The topological polar surface area (TPSA) is 15.7 Å². The maximum atomic E-state index is 5.75. The van der Waals surface area contributed by atoms with Crippen LogP contribution >= 0.6 is 12.2 Å². The monoisotopic (exact) mass is 278 g/mol. The van der Waals surface area contributed by atoms with Gasteiger partial charge in [0.25, 0.3) is 0 Å². The Labute approximate surface area is 121 Å². The Hall–Kier alpha value is -1.13. The summed E-state index contributed by atoms with van der Waals surface area (Å²) in [6, 6.07) is 8.41. The number of rotatable bonds is 2. The van der Waals surface area contributed by atoms with E-state index in [2.05, 4.69) is 47.9 Å². The number of ether oxygens (including phenoxy) is 1. The summed E-state index contributed by atoms with van der Waals surface area (Å²) in [5.41, 5.74) is 2.30. The molecule has 0 radical (unpaired) electrons. The van der Waals surface area contributed by atoms with Crippen LogP contribution in [0, 0.1) is 0 Å². The first-order valence-electron chi connectivity index (χ1n) is 6.69. The van der Waals surface area contributed by atoms with Crippen molar-refractivity contribution in [1.29, 1.82) is 0 Å². The second-order valence-electron chi connectivity index (χ2n) is 5.41. The molecule has 0 saturated carbocycles. The van der Waals surface area contributed by atoms with Crippen molar-refractivity contribution in [2.75, 3.05) is 32.1 Å². The fourth-order valence-electron chi connectivity index (χ4n) is 2.43. The van der Waals surface area contributed by atoms with Gasteiger partial charge in [0, 0.05) is 38.4 Å². The number of thiocarbonyl (C=S) groups is 1. The van der Waals surface area contributed by atoms with E-state index >= 15 is 0 Å². The molecule has 0 bridgehead atoms. The number of anilines is 1. The highest BCUT2D eigenvalue weighted by molar-refractivity contribution is 7.80. The smallest absolute Gasteiger partial charge is 0.109 e. The van der Waals surface area contributed by atoms with Crippen molar-refractivity contribution in [3.63, 3.8) is 0 Å². The normalized spacial score (nSPS) is 23.3. The van der Waals surface area contributed by atoms with Crippen LogP contribution in [0.3, 0.4) is 0 Å². The third kappa shape index (κ3) is 3.45. The minimum Gasteiger partial charge on any atom is -0.378 e. The molecule has 0 N–H and O–H groups in total. The first-order valence-corrected chi connectivity index (χ1v) is 7.10. The molecule has 1 heterocycles. The SMILES string of the molecule is C[C@H]1CN(C(=S)c2ccc(N(C)C)cc2)C[C@H](C)O1. The van der Waals surface area contributed by atoms with Gasteiger partial charge in [0.05, 0.1) is 12.2 Å². The zero-order chi connectivity index (χ0) is 14.0. The quantitative estimate of drug-likeness (QED) is 0.772. The zero-order valence-corrected chi connectivity index (χ0v) is 12.9. The average Bonchev–Trinajstić information content (AvgIpc) is 2.37. The zero-order valence-electron chi connectivity index (χ0n) is 12.1. The molecule has 19 heavy (non-hydrogen) atoms. The van der Waals surface area contributed by atoms with E-state index in [4.69, 9.17) is 17.0 Å². The molecule has 0 spiro atoms. The third-order valence-corrected chi connectivity index (χ3v) is 3.83. The van der Waals surface area contributed by atoms with Crippen molar-refractivity contribution in [2.24, 2.45) is 0 Å². The lowest BCUT2D eigenvalue weighted by Crippen LogP contribution is -2.47. The number of benzene rings is 1. The summed E-state index contributed by atoms with van der Waals surface area (Å²) in [6.07, 6.45) is 0.477. The van der Waals surface area contributed by atoms with Crippen molar-refractivity contribution < 1.29 is 4.74 Å². The Kier molecular flexibility index (Phi) is 4.42. The molecule has 104 valence electrons. The number of hydrogen-bond acceptors (Lipinski definition) is 3. The molecule has 0 unspecified atom stereocenters. The molecule has 2 rings (SSSR count). The van der Waals surface area contributed by atoms with Crippen LogP contribution in [-0.4, -0.2) is 49.3 Å². The lowest BCUT2D eigenvalue weighted by atomic mass is 10.1. The van der Waals surface area contributed by atoms with Crippen LogP contribution in [0.4, 0.5) is 5.69 Å². The summed E-state index contributed by atoms with van der Waals surface area (Å²) >= 11 is 5.61. The van der Waals surface area contributed by atoms with E-state index in [0.717, 1.165) is 23.6 Å². The Morgan fingerprint density at radius 3 is 2.16 bits per heavy atom. The summed E-state index contributed by atoms with van der Waals surface area (Å²) in [5.74, 6) is 0. The molecule has 1 aliphatic heterocycles. The fraction of sp³-hybridized carbons (Fsp3) is 0.533. The molecule has 0 aromatic heterocycles. The van der Waals surface area contributed by atoms with Gasteiger partial charge in [0.2, 0.25) is 0 Å². The Morgan fingerprint density at radius 1 is 1.16 bits per heavy atom. The molecule has 1 aliphatic rings. The Bertz CT molecular complexity index is 434. The van der Waals surface area contributed by atoms with E-state index in [-0.39, 0.29) is 12.2 Å². The van der Waals surface area contributed by atoms with Gasteiger partial charge in [-0.2, -0.15) is 0 Å². The highest BCUT2D eigenvalue weighted by Crippen LogP contribution is 2.18. The van der Waals surface area contributed by atoms with Crippen LogP contribution in [0.2, 0.25) is 0 Å². The Morgan fingerprint density at radius 2 is 1.68 bits per heavy atom. The molecule has 3 nitrogen and oxygen atoms in total. The molecular formula is C15H22N2OS. The minimum absolute atomic E-state index is 0.239. The number of morpholine rings is 1. The van der Waals surface area contributed by atoms with Crippen molar-refractivity contribution in [1.82, 2.24) is 4.90 Å². The predicted octanol–water partition coefficient (Wildman–Crippen LogP) is 2.54. The van der Waals surface area contributed by atoms with E-state index < -0.39 is 0 Å². The van der Waals surface area contributed by atoms with E-state index in [1.165, 1.54) is 5.69 Å². The van der Waals surface area contributed by atoms with Gasteiger partial charge in [-0.15, -0.1) is 0 Å². The number of nitrogens with zero attached hydrogens (tertiary/aromatic N) is 2. The maximum Gasteiger partial charge on any atom is 0.109 e. The molecule has 2 atom stereocenters. The van der Waals surface area contributed by atoms with Gasteiger partial charge >= 0.3 is 0 Å². The molecule has 1 saturated heterocycles. The molecule has 0 amide bonds. The molecule has 0 aliphatic carbocycles. The third-order valence-electron chi connectivity index (χ3n) is 3.34. The standard InChI is InChI=1S/C15H22N2OS/c1-11-9-17(10-12(2)18-11)15(19)13-5-7-14(8-6-13)16(3)4/h5-8,11-12H,9-10H2,1-4H3/t11-,12-/m0/s1. The molecule has 1 fully saturated rings. The van der Waals surface area contributed by atoms with Gasteiger partial charge in [-0.1, -0.05) is 12.2 Å². The first-order chi connectivity index (χ1) is 8.97. The van der Waals surface area contributed by atoms with Crippen LogP contribution in [0.1, 0.15) is 19.4 Å². The van der Waals surface area contributed by atoms with Crippen molar-refractivity contribution in [3.05, 3.63) is 29.8 Å². The highest BCUT2D eigenvalue weighted by atomic mass is 32.1. The fourth-order valence-corrected chi connectivity index (χ4v) is 2.71. The van der Waals surface area contributed by atoms with Crippen LogP contribution in [0.15, 0.2) is 24.3 Å². The minimum atomic E-state index is 0.239. The average molecular weight is 278 g/mol. The summed E-state index contributed by atoms with van der Waals surface area (Å²) in [6.45, 7) is 5.94. The van der Waals surface area contributed by atoms with Crippen LogP contribution in [0.5, 0.6) is 0 Å². The van der Waals surface area contributed by atoms with Gasteiger partial charge in [0.15, 0.2) is 0 Å². The first kappa shape index (κ1) is 14.3. The van der Waals surface area contributed by atoms with Crippen molar-refractivity contribution in [3.8, 4) is 0 Å². The molecular weight excluding hydrogens is 256 g/mol. The number of hydrogen-bond donors (Lipinski definition) is 0. The summed E-state index contributed by atoms with van der Waals surface area (Å²) in [7, 11) is 4.08. The lowest BCUT2D eigenvalue weighted by Gasteiger charge is -2.37. The molecule has 4 heteroatoms. The predicted molar refractivity (Wildman–Crippen MR) is 84.1 cm³/mol. The van der Waals surface area contributed by atoms with Gasteiger partial charge in [0.1, 0.15) is 4.99 Å². The lowest BCUT2D eigenvalue weighted by molar-refractivity contribution is -0.0472. The largest absolute Gasteiger partial charge is 0.378 e. The van der Waals surface area contributed by atoms with Crippen LogP contribution in [-0.2, 0) is 4.74 Å². The van der Waals surface area contributed by atoms with Crippen LogP contribution in [0.25, 0.3) is 0 Å². The van der Waals surface area contributed by atoms with Crippen molar-refractivity contribution >= 4 is 22.9 Å². The Balaban J connectivity index is 2.10. The van der Waals surface area contributed by atoms with Gasteiger partial charge in [-0.05, 0) is 38.1 Å². The van der Waals surface area contributed by atoms with Gasteiger partial charge in [-0.25, -0.2) is 0 Å². The summed E-state index contributed by atoms with van der Waals surface area (Å²) < 4.78 is 5.75. The highest BCUT2D eigenvalue weighted by Gasteiger charge is 2.24. The van der Waals surface area contributed by atoms with Gasteiger partial charge < -0.3 is 14.5 Å². The van der Waals surface area contributed by atoms with Crippen LogP contribution < -0.4 is 4.90 Å². The second kappa shape index (κ2) is 5.88. The van der Waals surface area contributed by atoms with E-state index in [9.17, 15) is 0 Å². The van der Waals surface area contributed by atoms with Gasteiger partial charge in [-0.3, -0.25) is 0 Å². The molecule has 1 aromatic rings. The molecule has 1 aromatic carbocycles. The second-order valence-corrected chi connectivity index (χ2v) is 5.80.